The summed E-state index contributed by atoms with van der Waals surface area (Å²) in [6.45, 7) is 3.98. The van der Waals surface area contributed by atoms with Crippen LogP contribution in [0.4, 0.5) is 5.69 Å². The number of carbonyl (C=O) groups is 1. The van der Waals surface area contributed by atoms with Crippen LogP contribution in [0.1, 0.15) is 27.6 Å². The Kier molecular flexibility index (Phi) is 5.22. The minimum atomic E-state index is -3.63. The molecule has 0 fully saturated rings. The van der Waals surface area contributed by atoms with Crippen LogP contribution in [0.2, 0.25) is 0 Å². The monoisotopic (exact) mass is 442 g/mol. The van der Waals surface area contributed by atoms with Gasteiger partial charge in [0.25, 0.3) is 21.7 Å². The lowest BCUT2D eigenvalue weighted by atomic mass is 10.2. The summed E-state index contributed by atoms with van der Waals surface area (Å²) in [5, 5.41) is 12.6. The minimum Gasteiger partial charge on any atom is -0.345 e. The lowest BCUT2D eigenvalue weighted by Gasteiger charge is -2.08. The van der Waals surface area contributed by atoms with Gasteiger partial charge in [0.15, 0.2) is 5.82 Å². The molecule has 0 atom stereocenters. The topological polar surface area (TPSA) is 118 Å². The third-order valence-electron chi connectivity index (χ3n) is 4.33. The quantitative estimate of drug-likeness (QED) is 0.474. The van der Waals surface area contributed by atoms with E-state index >= 15 is 0 Å². The highest BCUT2D eigenvalue weighted by atomic mass is 32.2. The number of hydrogen-bond acceptors (Lipinski definition) is 7. The first kappa shape index (κ1) is 20.0. The van der Waals surface area contributed by atoms with Crippen LogP contribution in [-0.2, 0) is 16.6 Å². The van der Waals surface area contributed by atoms with Crippen LogP contribution in [-0.4, -0.2) is 33.9 Å². The van der Waals surface area contributed by atoms with Crippen LogP contribution in [0.3, 0.4) is 0 Å². The number of aryl methyl sites for hydroxylation is 2. The Labute approximate surface area is 176 Å². The SMILES string of the molecule is Cc1cc(C)n2c(CNC(=O)c3ccc(NS(=O)(=O)c4cccs4)cc3)nnc2n1. The van der Waals surface area contributed by atoms with Crippen LogP contribution < -0.4 is 10.0 Å². The number of nitrogens with one attached hydrogen (secondary N) is 2. The average molecular weight is 443 g/mol. The summed E-state index contributed by atoms with van der Waals surface area (Å²) in [5.74, 6) is 0.750. The second kappa shape index (κ2) is 7.84. The zero-order valence-corrected chi connectivity index (χ0v) is 17.8. The molecule has 3 aromatic heterocycles. The van der Waals surface area contributed by atoms with E-state index in [1.54, 1.807) is 40.1 Å². The van der Waals surface area contributed by atoms with Gasteiger partial charge in [-0.05, 0) is 55.6 Å². The van der Waals surface area contributed by atoms with Crippen molar-refractivity contribution in [2.45, 2.75) is 24.6 Å². The molecular formula is C19H18N6O3S2. The number of benzene rings is 1. The first-order valence-electron chi connectivity index (χ1n) is 8.96. The molecule has 4 rings (SSSR count). The number of thiophene rings is 1. The Morgan fingerprint density at radius 3 is 2.60 bits per heavy atom. The minimum absolute atomic E-state index is 0.179. The number of anilines is 1. The molecule has 0 radical (unpaired) electrons. The van der Waals surface area contributed by atoms with Gasteiger partial charge in [0, 0.05) is 22.6 Å². The molecule has 1 aromatic carbocycles. The number of aromatic nitrogens is 4. The Hall–Kier alpha value is -3.31. The zero-order chi connectivity index (χ0) is 21.3. The average Bonchev–Trinajstić information content (AvgIpc) is 3.37. The normalized spacial score (nSPS) is 11.5. The molecule has 0 aliphatic rings. The van der Waals surface area contributed by atoms with E-state index in [2.05, 4.69) is 25.2 Å². The molecule has 0 bridgehead atoms. The fourth-order valence-electron chi connectivity index (χ4n) is 2.99. The molecule has 0 aliphatic heterocycles. The highest BCUT2D eigenvalue weighted by Gasteiger charge is 2.16. The second-order valence-corrected chi connectivity index (χ2v) is 9.45. The predicted molar refractivity (Wildman–Crippen MR) is 113 cm³/mol. The third-order valence-corrected chi connectivity index (χ3v) is 7.10. The summed E-state index contributed by atoms with van der Waals surface area (Å²) in [5.41, 5.74) is 2.54. The summed E-state index contributed by atoms with van der Waals surface area (Å²) >= 11 is 1.13. The number of rotatable bonds is 6. The smallest absolute Gasteiger partial charge is 0.271 e. The molecule has 3 heterocycles. The van der Waals surface area contributed by atoms with E-state index in [0.29, 0.717) is 22.9 Å². The van der Waals surface area contributed by atoms with Gasteiger partial charge in [-0.2, -0.15) is 0 Å². The Morgan fingerprint density at radius 2 is 1.90 bits per heavy atom. The summed E-state index contributed by atoms with van der Waals surface area (Å²) in [7, 11) is -3.63. The summed E-state index contributed by atoms with van der Waals surface area (Å²) < 4.78 is 29.0. The van der Waals surface area contributed by atoms with Crippen LogP contribution in [0.15, 0.2) is 52.1 Å². The van der Waals surface area contributed by atoms with Gasteiger partial charge < -0.3 is 5.32 Å². The van der Waals surface area contributed by atoms with Gasteiger partial charge in [-0.1, -0.05) is 6.07 Å². The van der Waals surface area contributed by atoms with E-state index in [9.17, 15) is 13.2 Å². The molecule has 1 amide bonds. The van der Waals surface area contributed by atoms with Gasteiger partial charge in [-0.25, -0.2) is 13.4 Å². The number of amides is 1. The number of sulfonamides is 1. The third kappa shape index (κ3) is 4.02. The molecule has 0 saturated carbocycles. The van der Waals surface area contributed by atoms with Gasteiger partial charge in [0.2, 0.25) is 0 Å². The van der Waals surface area contributed by atoms with Crippen molar-refractivity contribution in [1.82, 2.24) is 24.9 Å². The van der Waals surface area contributed by atoms with Crippen molar-refractivity contribution in [2.24, 2.45) is 0 Å². The second-order valence-electron chi connectivity index (χ2n) is 6.59. The van der Waals surface area contributed by atoms with Crippen molar-refractivity contribution in [3.8, 4) is 0 Å². The molecule has 0 spiro atoms. The Bertz CT molecular complexity index is 1310. The van der Waals surface area contributed by atoms with Crippen molar-refractivity contribution in [3.05, 3.63) is 70.6 Å². The summed E-state index contributed by atoms with van der Waals surface area (Å²) in [6, 6.07) is 11.3. The number of fused-ring (bicyclic) bond motifs is 1. The van der Waals surface area contributed by atoms with Crippen molar-refractivity contribution >= 4 is 38.7 Å². The zero-order valence-electron chi connectivity index (χ0n) is 16.2. The van der Waals surface area contributed by atoms with Crippen molar-refractivity contribution in [3.63, 3.8) is 0 Å². The van der Waals surface area contributed by atoms with Gasteiger partial charge in [0.05, 0.1) is 6.54 Å². The first-order chi connectivity index (χ1) is 14.3. The van der Waals surface area contributed by atoms with E-state index in [-0.39, 0.29) is 16.7 Å². The molecule has 30 heavy (non-hydrogen) atoms. The molecule has 0 unspecified atom stereocenters. The first-order valence-corrected chi connectivity index (χ1v) is 11.3. The van der Waals surface area contributed by atoms with Crippen LogP contribution in [0, 0.1) is 13.8 Å². The predicted octanol–water partition coefficient (Wildman–Crippen LogP) is 2.53. The number of hydrogen-bond donors (Lipinski definition) is 2. The number of carbonyl (C=O) groups excluding carboxylic acids is 1. The molecule has 0 saturated heterocycles. The Morgan fingerprint density at radius 1 is 1.13 bits per heavy atom. The van der Waals surface area contributed by atoms with Gasteiger partial charge >= 0.3 is 0 Å². The molecule has 2 N–H and O–H groups in total. The fourth-order valence-corrected chi connectivity index (χ4v) is 5.04. The summed E-state index contributed by atoms with van der Waals surface area (Å²) in [6.07, 6.45) is 0. The van der Waals surface area contributed by atoms with E-state index in [0.717, 1.165) is 22.7 Å². The fraction of sp³-hybridized carbons (Fsp3) is 0.158. The van der Waals surface area contributed by atoms with E-state index in [1.165, 1.54) is 6.07 Å². The van der Waals surface area contributed by atoms with Gasteiger partial charge in [0.1, 0.15) is 4.21 Å². The molecule has 11 heteroatoms. The largest absolute Gasteiger partial charge is 0.345 e. The van der Waals surface area contributed by atoms with E-state index in [1.807, 2.05) is 19.9 Å². The maximum Gasteiger partial charge on any atom is 0.271 e. The van der Waals surface area contributed by atoms with Crippen LogP contribution >= 0.6 is 11.3 Å². The molecule has 9 nitrogen and oxygen atoms in total. The van der Waals surface area contributed by atoms with Crippen LogP contribution in [0.25, 0.3) is 5.78 Å². The van der Waals surface area contributed by atoms with Crippen LogP contribution in [0.5, 0.6) is 0 Å². The van der Waals surface area contributed by atoms with Crippen molar-refractivity contribution < 1.29 is 13.2 Å². The maximum atomic E-state index is 12.5. The van der Waals surface area contributed by atoms with Gasteiger partial charge in [-0.3, -0.25) is 13.9 Å². The standard InChI is InChI=1S/C19H18N6O3S2/c1-12-10-13(2)25-16(22-23-19(25)21-12)11-20-18(26)14-5-7-15(8-6-14)24-30(27,28)17-4-3-9-29-17/h3-10,24H,11H2,1-2H3,(H,20,26). The van der Waals surface area contributed by atoms with Gasteiger partial charge in [-0.15, -0.1) is 21.5 Å². The van der Waals surface area contributed by atoms with Crippen molar-refractivity contribution in [2.75, 3.05) is 4.72 Å². The summed E-state index contributed by atoms with van der Waals surface area (Å²) in [4.78, 5) is 16.8. The molecule has 0 aliphatic carbocycles. The number of nitrogens with zero attached hydrogens (tertiary/aromatic N) is 4. The molecule has 4 aromatic rings. The van der Waals surface area contributed by atoms with E-state index < -0.39 is 10.0 Å². The Balaban J connectivity index is 1.43. The maximum absolute atomic E-state index is 12.5. The van der Waals surface area contributed by atoms with E-state index in [4.69, 9.17) is 0 Å². The van der Waals surface area contributed by atoms with Crippen molar-refractivity contribution in [1.29, 1.82) is 0 Å². The lowest BCUT2D eigenvalue weighted by molar-refractivity contribution is 0.0949. The highest BCUT2D eigenvalue weighted by Crippen LogP contribution is 2.20. The molecule has 154 valence electrons. The highest BCUT2D eigenvalue weighted by molar-refractivity contribution is 7.94. The lowest BCUT2D eigenvalue weighted by Crippen LogP contribution is -2.24. The molecular weight excluding hydrogens is 424 g/mol.